The molecule has 0 radical (unpaired) electrons. The highest BCUT2D eigenvalue weighted by Gasteiger charge is 1.90. The molecule has 1 aromatic carbocycles. The minimum atomic E-state index is -0.215. The second-order valence-corrected chi connectivity index (χ2v) is 2.27. The predicted molar refractivity (Wildman–Crippen MR) is 34.1 cm³/mol. The number of rotatable bonds is 0. The predicted octanol–water partition coefficient (Wildman–Crippen LogP) is 2.59. The SMILES string of the molecule is [18F]c1ccccc1Br. The van der Waals surface area contributed by atoms with E-state index in [9.17, 15) is 4.39 Å². The summed E-state index contributed by atoms with van der Waals surface area (Å²) in [6.07, 6.45) is 0. The van der Waals surface area contributed by atoms with E-state index in [0.29, 0.717) is 4.47 Å². The molecule has 0 heterocycles. The maximum atomic E-state index is 12.3. The highest BCUT2D eigenvalue weighted by molar-refractivity contribution is 9.10. The maximum absolute atomic E-state index is 12.3. The number of hydrogen-bond donors (Lipinski definition) is 0. The molecule has 0 bridgehead atoms. The van der Waals surface area contributed by atoms with E-state index in [4.69, 9.17) is 0 Å². The lowest BCUT2D eigenvalue weighted by atomic mass is 10.4. The van der Waals surface area contributed by atoms with Crippen molar-refractivity contribution in [2.24, 2.45) is 0 Å². The zero-order chi connectivity index (χ0) is 5.98. The standard InChI is InChI=1S/C6H4BrF/c7-5-3-1-2-4-6(5)8/h1-4H/i8-1. The molecule has 42 valence electrons. The topological polar surface area (TPSA) is 0 Å². The Bertz CT molecular complexity index is 165. The summed E-state index contributed by atoms with van der Waals surface area (Å²) in [5, 5.41) is 0. The van der Waals surface area contributed by atoms with Gasteiger partial charge >= 0.3 is 0 Å². The van der Waals surface area contributed by atoms with Crippen molar-refractivity contribution in [2.75, 3.05) is 0 Å². The van der Waals surface area contributed by atoms with E-state index in [-0.39, 0.29) is 5.82 Å². The van der Waals surface area contributed by atoms with E-state index in [1.807, 2.05) is 0 Å². The van der Waals surface area contributed by atoms with Crippen molar-refractivity contribution in [3.63, 3.8) is 0 Å². The van der Waals surface area contributed by atoms with Crippen LogP contribution in [0.15, 0.2) is 28.7 Å². The van der Waals surface area contributed by atoms with Crippen LogP contribution >= 0.6 is 15.9 Å². The van der Waals surface area contributed by atoms with Gasteiger partial charge in [0.05, 0.1) is 4.47 Å². The summed E-state index contributed by atoms with van der Waals surface area (Å²) in [5.41, 5.74) is 0. The molecule has 0 saturated heterocycles. The van der Waals surface area contributed by atoms with E-state index in [1.165, 1.54) is 6.07 Å². The first-order valence-corrected chi connectivity index (χ1v) is 3.00. The van der Waals surface area contributed by atoms with E-state index in [0.717, 1.165) is 0 Å². The van der Waals surface area contributed by atoms with Crippen LogP contribution in [-0.2, 0) is 0 Å². The van der Waals surface area contributed by atoms with Crippen molar-refractivity contribution >= 4 is 15.9 Å². The van der Waals surface area contributed by atoms with Gasteiger partial charge in [0, 0.05) is 0 Å². The van der Waals surface area contributed by atoms with Crippen LogP contribution in [0.4, 0.5) is 4.39 Å². The number of hydrogen-bond acceptors (Lipinski definition) is 0. The van der Waals surface area contributed by atoms with Crippen LogP contribution in [0, 0.1) is 5.82 Å². The molecule has 0 fully saturated rings. The van der Waals surface area contributed by atoms with Crippen molar-refractivity contribution in [1.29, 1.82) is 0 Å². The Morgan fingerprint density at radius 1 is 1.25 bits per heavy atom. The third-order valence-electron chi connectivity index (χ3n) is 0.824. The average molecular weight is 174 g/mol. The second kappa shape index (κ2) is 2.27. The molecule has 0 unspecified atom stereocenters. The summed E-state index contributed by atoms with van der Waals surface area (Å²) in [7, 11) is 0. The number of benzene rings is 1. The molecule has 0 saturated carbocycles. The normalized spacial score (nSPS) is 9.25. The average Bonchev–Trinajstić information content (AvgIpc) is 1.77. The lowest BCUT2D eigenvalue weighted by molar-refractivity contribution is 0.621. The van der Waals surface area contributed by atoms with Gasteiger partial charge in [0.2, 0.25) is 0 Å². The Kier molecular flexibility index (Phi) is 1.63. The summed E-state index contributed by atoms with van der Waals surface area (Å²) >= 11 is 3.02. The Hall–Kier alpha value is -0.370. The van der Waals surface area contributed by atoms with Crippen LogP contribution in [0.3, 0.4) is 0 Å². The molecule has 0 aromatic heterocycles. The fraction of sp³-hybridized carbons (Fsp3) is 0. The fourth-order valence-electron chi connectivity index (χ4n) is 0.439. The van der Waals surface area contributed by atoms with E-state index in [1.54, 1.807) is 18.2 Å². The largest absolute Gasteiger partial charge is 0.206 e. The monoisotopic (exact) mass is 173 g/mol. The molecule has 0 amide bonds. The summed E-state index contributed by atoms with van der Waals surface area (Å²) in [5.74, 6) is -0.215. The van der Waals surface area contributed by atoms with Crippen molar-refractivity contribution < 1.29 is 4.39 Å². The zero-order valence-corrected chi connectivity index (χ0v) is 5.65. The zero-order valence-electron chi connectivity index (χ0n) is 4.07. The van der Waals surface area contributed by atoms with Crippen molar-refractivity contribution in [1.82, 2.24) is 0 Å². The summed E-state index contributed by atoms with van der Waals surface area (Å²) in [6, 6.07) is 6.49. The van der Waals surface area contributed by atoms with Crippen molar-refractivity contribution in [3.8, 4) is 0 Å². The molecule has 0 N–H and O–H groups in total. The Morgan fingerprint density at radius 2 is 1.88 bits per heavy atom. The summed E-state index contributed by atoms with van der Waals surface area (Å²) in [4.78, 5) is 0. The van der Waals surface area contributed by atoms with E-state index < -0.39 is 0 Å². The van der Waals surface area contributed by atoms with Gasteiger partial charge in [-0.05, 0) is 28.1 Å². The second-order valence-electron chi connectivity index (χ2n) is 1.41. The van der Waals surface area contributed by atoms with Gasteiger partial charge in [0.25, 0.3) is 0 Å². The smallest absolute Gasteiger partial charge is 0.137 e. The molecule has 0 nitrogen and oxygen atoms in total. The van der Waals surface area contributed by atoms with Crippen LogP contribution in [0.5, 0.6) is 0 Å². The quantitative estimate of drug-likeness (QED) is 0.566. The molecule has 2 heteroatoms. The van der Waals surface area contributed by atoms with E-state index >= 15 is 0 Å². The first kappa shape index (κ1) is 5.76. The minimum absolute atomic E-state index is 0.215. The molecule has 0 spiro atoms. The third-order valence-corrected chi connectivity index (χ3v) is 1.47. The van der Waals surface area contributed by atoms with Crippen molar-refractivity contribution in [2.45, 2.75) is 0 Å². The van der Waals surface area contributed by atoms with Crippen LogP contribution < -0.4 is 0 Å². The van der Waals surface area contributed by atoms with Gasteiger partial charge in [-0.25, -0.2) is 4.39 Å². The van der Waals surface area contributed by atoms with Gasteiger partial charge in [0.1, 0.15) is 5.82 Å². The van der Waals surface area contributed by atoms with Gasteiger partial charge in [-0.1, -0.05) is 12.1 Å². The van der Waals surface area contributed by atoms with Crippen LogP contribution in [0.2, 0.25) is 0 Å². The van der Waals surface area contributed by atoms with E-state index in [2.05, 4.69) is 15.9 Å². The van der Waals surface area contributed by atoms with Crippen LogP contribution in [0.25, 0.3) is 0 Å². The van der Waals surface area contributed by atoms with Gasteiger partial charge in [0.15, 0.2) is 0 Å². The molecular weight excluding hydrogens is 170 g/mol. The van der Waals surface area contributed by atoms with Gasteiger partial charge in [-0.15, -0.1) is 0 Å². The first-order valence-electron chi connectivity index (χ1n) is 2.21. The highest BCUT2D eigenvalue weighted by Crippen LogP contribution is 2.12. The number of halogens is 2. The summed E-state index contributed by atoms with van der Waals surface area (Å²) in [6.45, 7) is 0. The third kappa shape index (κ3) is 1.07. The summed E-state index contributed by atoms with van der Waals surface area (Å²) < 4.78 is 12.8. The molecule has 1 rings (SSSR count). The molecule has 0 aliphatic carbocycles. The Labute approximate surface area is 55.5 Å². The highest BCUT2D eigenvalue weighted by atomic mass is 79.9. The molecular formula is C6H4BrF. The Balaban J connectivity index is 3.13. The fourth-order valence-corrected chi connectivity index (χ4v) is 0.724. The lowest BCUT2D eigenvalue weighted by Crippen LogP contribution is -1.70. The van der Waals surface area contributed by atoms with Crippen molar-refractivity contribution in [3.05, 3.63) is 34.6 Å². The molecule has 0 aliphatic rings. The van der Waals surface area contributed by atoms with Crippen LogP contribution in [-0.4, -0.2) is 0 Å². The molecule has 0 atom stereocenters. The first-order chi connectivity index (χ1) is 3.80. The minimum Gasteiger partial charge on any atom is -0.206 e. The Morgan fingerprint density at radius 3 is 2.25 bits per heavy atom. The molecule has 0 aliphatic heterocycles. The lowest BCUT2D eigenvalue weighted by Gasteiger charge is -1.87. The molecule has 8 heavy (non-hydrogen) atoms. The van der Waals surface area contributed by atoms with Gasteiger partial charge in [-0.3, -0.25) is 0 Å². The maximum Gasteiger partial charge on any atom is 0.137 e. The molecule has 1 aromatic rings. The van der Waals surface area contributed by atoms with Gasteiger partial charge in [-0.2, -0.15) is 0 Å². The van der Waals surface area contributed by atoms with Gasteiger partial charge < -0.3 is 0 Å². The van der Waals surface area contributed by atoms with Crippen LogP contribution in [0.1, 0.15) is 0 Å².